The number of hydrogen-bond acceptors (Lipinski definition) is 7. The molecule has 8 nitrogen and oxygen atoms in total. The highest BCUT2D eigenvalue weighted by Gasteiger charge is 2.33. The van der Waals surface area contributed by atoms with E-state index in [2.05, 4.69) is 21.4 Å². The number of ether oxygens (including phenoxy) is 4. The van der Waals surface area contributed by atoms with E-state index in [0.717, 1.165) is 54.4 Å². The van der Waals surface area contributed by atoms with Gasteiger partial charge in [0.25, 0.3) is 0 Å². The summed E-state index contributed by atoms with van der Waals surface area (Å²) in [6, 6.07) is 13.9. The van der Waals surface area contributed by atoms with Crippen LogP contribution in [0.4, 0.5) is 0 Å². The summed E-state index contributed by atoms with van der Waals surface area (Å²) in [5.74, 6) is 3.28. The molecule has 0 aliphatic carbocycles. The van der Waals surface area contributed by atoms with E-state index in [1.54, 1.807) is 7.11 Å². The van der Waals surface area contributed by atoms with Crippen molar-refractivity contribution in [1.82, 2.24) is 14.5 Å². The summed E-state index contributed by atoms with van der Waals surface area (Å²) in [4.78, 5) is 6.57. The third kappa shape index (κ3) is 7.71. The van der Waals surface area contributed by atoms with Gasteiger partial charge in [0.15, 0.2) is 11.5 Å². The van der Waals surface area contributed by atoms with Gasteiger partial charge in [-0.25, -0.2) is 4.98 Å². The summed E-state index contributed by atoms with van der Waals surface area (Å²) in [5, 5.41) is 11.3. The van der Waals surface area contributed by atoms with E-state index in [-0.39, 0.29) is 13.2 Å². The normalized spacial score (nSPS) is 18.4. The molecule has 0 amide bonds. The minimum atomic E-state index is -1.10. The Bertz CT molecular complexity index is 1130. The summed E-state index contributed by atoms with van der Waals surface area (Å²) in [7, 11) is 1.65. The molecule has 1 aliphatic rings. The second-order valence-corrected chi connectivity index (χ2v) is 9.67. The standard InChI is InChI=1S/C29H39N3O5/c1-4-28-30-11-13-32(28)12-6-15-36-27-18-24(9-10-26(27)34-3)19-31-14-16-35-21-29(33,20-31)22-37-25-8-5-7-23(2)17-25/h5,7-11,13,17-18,33H,4,6,12,14-16,19-22H2,1-3H3/t29-/m0/s1. The predicted molar refractivity (Wildman–Crippen MR) is 142 cm³/mol. The fourth-order valence-electron chi connectivity index (χ4n) is 4.61. The molecule has 0 bridgehead atoms. The van der Waals surface area contributed by atoms with Crippen LogP contribution in [0.5, 0.6) is 17.2 Å². The molecule has 2 aromatic carbocycles. The summed E-state index contributed by atoms with van der Waals surface area (Å²) >= 11 is 0. The molecule has 0 saturated carbocycles. The van der Waals surface area contributed by atoms with Crippen LogP contribution < -0.4 is 14.2 Å². The van der Waals surface area contributed by atoms with E-state index in [1.165, 1.54) is 0 Å². The van der Waals surface area contributed by atoms with Gasteiger partial charge in [-0.15, -0.1) is 0 Å². The first kappa shape index (κ1) is 27.0. The maximum atomic E-state index is 11.3. The highest BCUT2D eigenvalue weighted by atomic mass is 16.5. The average Bonchev–Trinajstić information content (AvgIpc) is 3.27. The van der Waals surface area contributed by atoms with Crippen molar-refractivity contribution in [2.75, 3.05) is 46.6 Å². The Morgan fingerprint density at radius 3 is 2.84 bits per heavy atom. The molecular weight excluding hydrogens is 470 g/mol. The van der Waals surface area contributed by atoms with E-state index in [0.29, 0.717) is 32.1 Å². The first-order valence-corrected chi connectivity index (χ1v) is 13.0. The maximum absolute atomic E-state index is 11.3. The van der Waals surface area contributed by atoms with Gasteiger partial charge in [0, 0.05) is 45.0 Å². The number of hydrogen-bond donors (Lipinski definition) is 1. The second-order valence-electron chi connectivity index (χ2n) is 9.67. The molecule has 1 aliphatic heterocycles. The number of rotatable bonds is 12. The van der Waals surface area contributed by atoms with Crippen LogP contribution in [0.25, 0.3) is 0 Å². The van der Waals surface area contributed by atoms with Gasteiger partial charge < -0.3 is 28.6 Å². The number of imidazole rings is 1. The minimum absolute atomic E-state index is 0.167. The van der Waals surface area contributed by atoms with Crippen LogP contribution in [-0.4, -0.2) is 71.8 Å². The van der Waals surface area contributed by atoms with Gasteiger partial charge in [0.2, 0.25) is 0 Å². The van der Waals surface area contributed by atoms with Crippen LogP contribution in [0.2, 0.25) is 0 Å². The monoisotopic (exact) mass is 509 g/mol. The van der Waals surface area contributed by atoms with Crippen molar-refractivity contribution in [2.24, 2.45) is 0 Å². The quantitative estimate of drug-likeness (QED) is 0.371. The lowest BCUT2D eigenvalue weighted by Crippen LogP contribution is -2.48. The Morgan fingerprint density at radius 1 is 1.14 bits per heavy atom. The van der Waals surface area contributed by atoms with Gasteiger partial charge >= 0.3 is 0 Å². The Balaban J connectivity index is 1.34. The second kappa shape index (κ2) is 12.9. The van der Waals surface area contributed by atoms with Crippen LogP contribution in [0.1, 0.15) is 30.3 Å². The van der Waals surface area contributed by atoms with E-state index < -0.39 is 5.60 Å². The van der Waals surface area contributed by atoms with Crippen LogP contribution in [0, 0.1) is 6.92 Å². The third-order valence-electron chi connectivity index (χ3n) is 6.49. The Hall–Kier alpha value is -3.07. The predicted octanol–water partition coefficient (Wildman–Crippen LogP) is 3.87. The molecule has 3 aromatic rings. The number of methoxy groups -OCH3 is 1. The SMILES string of the molecule is CCc1nccn1CCCOc1cc(CN2CCOC[C@](O)(COc3cccc(C)c3)C2)ccc1OC. The molecule has 8 heteroatoms. The van der Waals surface area contributed by atoms with Crippen LogP contribution in [-0.2, 0) is 24.2 Å². The van der Waals surface area contributed by atoms with Gasteiger partial charge in [-0.3, -0.25) is 4.90 Å². The largest absolute Gasteiger partial charge is 0.493 e. The van der Waals surface area contributed by atoms with Gasteiger partial charge in [-0.2, -0.15) is 0 Å². The van der Waals surface area contributed by atoms with Crippen molar-refractivity contribution < 1.29 is 24.1 Å². The van der Waals surface area contributed by atoms with Crippen molar-refractivity contribution in [1.29, 1.82) is 0 Å². The molecule has 1 saturated heterocycles. The number of β-amino-alcohol motifs (C(OH)–C–C–N with tert-alkyl or cyclic N) is 1. The van der Waals surface area contributed by atoms with Crippen LogP contribution >= 0.6 is 0 Å². The van der Waals surface area contributed by atoms with Crippen molar-refractivity contribution in [3.63, 3.8) is 0 Å². The topological polar surface area (TPSA) is 78.2 Å². The first-order valence-electron chi connectivity index (χ1n) is 13.0. The molecule has 1 fully saturated rings. The zero-order chi connectivity index (χ0) is 26.1. The fourth-order valence-corrected chi connectivity index (χ4v) is 4.61. The van der Waals surface area contributed by atoms with Gasteiger partial charge in [0.05, 0.1) is 26.9 Å². The molecule has 4 rings (SSSR count). The molecule has 1 N–H and O–H groups in total. The molecule has 1 aromatic heterocycles. The third-order valence-corrected chi connectivity index (χ3v) is 6.49. The Morgan fingerprint density at radius 2 is 2.03 bits per heavy atom. The molecule has 0 radical (unpaired) electrons. The van der Waals surface area contributed by atoms with Crippen LogP contribution in [0.15, 0.2) is 54.9 Å². The molecule has 1 atom stereocenters. The smallest absolute Gasteiger partial charge is 0.161 e. The first-order chi connectivity index (χ1) is 18.0. The van der Waals surface area contributed by atoms with Gasteiger partial charge in [-0.05, 0) is 48.7 Å². The van der Waals surface area contributed by atoms with Crippen molar-refractivity contribution in [3.05, 3.63) is 71.8 Å². The lowest BCUT2D eigenvalue weighted by Gasteiger charge is -2.30. The van der Waals surface area contributed by atoms with Crippen LogP contribution in [0.3, 0.4) is 0 Å². The molecule has 200 valence electrons. The summed E-state index contributed by atoms with van der Waals surface area (Å²) in [6.45, 7) is 8.37. The lowest BCUT2D eigenvalue weighted by atomic mass is 10.1. The van der Waals surface area contributed by atoms with Crippen molar-refractivity contribution in [2.45, 2.75) is 45.4 Å². The Labute approximate surface area is 219 Å². The number of aromatic nitrogens is 2. The maximum Gasteiger partial charge on any atom is 0.161 e. The van der Waals surface area contributed by atoms with Gasteiger partial charge in [-0.1, -0.05) is 25.1 Å². The molecule has 0 unspecified atom stereocenters. The van der Waals surface area contributed by atoms with E-state index in [9.17, 15) is 5.11 Å². The fraction of sp³-hybridized carbons (Fsp3) is 0.483. The number of aryl methyl sites for hydroxylation is 3. The zero-order valence-electron chi connectivity index (χ0n) is 22.2. The molecule has 0 spiro atoms. The van der Waals surface area contributed by atoms with Gasteiger partial charge in [0.1, 0.15) is 23.8 Å². The summed E-state index contributed by atoms with van der Waals surface area (Å²) in [6.07, 6.45) is 5.64. The van der Waals surface area contributed by atoms with Crippen molar-refractivity contribution in [3.8, 4) is 17.2 Å². The summed E-state index contributed by atoms with van der Waals surface area (Å²) in [5.41, 5.74) is 1.10. The lowest BCUT2D eigenvalue weighted by molar-refractivity contribution is -0.0646. The number of nitrogens with zero attached hydrogens (tertiary/aromatic N) is 3. The average molecular weight is 510 g/mol. The van der Waals surface area contributed by atoms with E-state index in [4.69, 9.17) is 18.9 Å². The number of benzene rings is 2. The molecule has 37 heavy (non-hydrogen) atoms. The highest BCUT2D eigenvalue weighted by Crippen LogP contribution is 2.29. The highest BCUT2D eigenvalue weighted by molar-refractivity contribution is 5.43. The number of aliphatic hydroxyl groups is 1. The Kier molecular flexibility index (Phi) is 9.44. The zero-order valence-corrected chi connectivity index (χ0v) is 22.2. The summed E-state index contributed by atoms with van der Waals surface area (Å²) < 4.78 is 25.5. The van der Waals surface area contributed by atoms with Crippen molar-refractivity contribution >= 4 is 0 Å². The minimum Gasteiger partial charge on any atom is -0.493 e. The van der Waals surface area contributed by atoms with E-state index in [1.807, 2.05) is 61.8 Å². The molecular formula is C29H39N3O5. The molecule has 2 heterocycles. The van der Waals surface area contributed by atoms with E-state index >= 15 is 0 Å².